The molecule has 0 fully saturated rings. The molecule has 0 aliphatic carbocycles. The molecule has 1 atom stereocenters. The Hall–Kier alpha value is -2.02. The lowest BCUT2D eigenvalue weighted by Crippen LogP contribution is -2.50. The first-order chi connectivity index (χ1) is 9.30. The fraction of sp³-hybridized carbons (Fsp3) is 0.500. The smallest absolute Gasteiger partial charge is 0.240 e. The lowest BCUT2D eigenvalue weighted by Gasteiger charge is -2.27. The van der Waals surface area contributed by atoms with Crippen LogP contribution in [0.2, 0.25) is 0 Å². The maximum Gasteiger partial charge on any atom is 0.240 e. The molecule has 4 nitrogen and oxygen atoms in total. The van der Waals surface area contributed by atoms with E-state index in [0.29, 0.717) is 0 Å². The number of nitriles is 1. The predicted molar refractivity (Wildman–Crippen MR) is 81.4 cm³/mol. The van der Waals surface area contributed by atoms with Crippen molar-refractivity contribution in [3.05, 3.63) is 29.3 Å². The molecule has 0 bridgehead atoms. The van der Waals surface area contributed by atoms with Gasteiger partial charge in [-0.3, -0.25) is 4.79 Å². The van der Waals surface area contributed by atoms with Crippen LogP contribution in [0.15, 0.2) is 18.2 Å². The quantitative estimate of drug-likeness (QED) is 0.867. The van der Waals surface area contributed by atoms with Crippen molar-refractivity contribution in [2.24, 2.45) is 5.92 Å². The molecule has 0 unspecified atom stereocenters. The zero-order valence-corrected chi connectivity index (χ0v) is 12.9. The Morgan fingerprint density at radius 3 is 2.60 bits per heavy atom. The number of nitrogens with zero attached hydrogens (tertiary/aromatic N) is 1. The number of carbonyl (C=O) groups is 1. The molecule has 108 valence electrons. The highest BCUT2D eigenvalue weighted by Crippen LogP contribution is 2.18. The van der Waals surface area contributed by atoms with Gasteiger partial charge in [0.05, 0.1) is 12.6 Å². The van der Waals surface area contributed by atoms with E-state index in [2.05, 4.69) is 16.7 Å². The molecule has 20 heavy (non-hydrogen) atoms. The van der Waals surface area contributed by atoms with Gasteiger partial charge in [0.1, 0.15) is 5.54 Å². The fourth-order valence-corrected chi connectivity index (χ4v) is 1.75. The fourth-order valence-electron chi connectivity index (χ4n) is 1.75. The Morgan fingerprint density at radius 1 is 1.40 bits per heavy atom. The van der Waals surface area contributed by atoms with Crippen molar-refractivity contribution >= 4 is 11.6 Å². The molecule has 1 rings (SSSR count). The highest BCUT2D eigenvalue weighted by molar-refractivity contribution is 5.82. The van der Waals surface area contributed by atoms with Crippen molar-refractivity contribution < 1.29 is 4.79 Å². The van der Waals surface area contributed by atoms with E-state index >= 15 is 0 Å². The number of carbonyl (C=O) groups excluding carboxylic acids is 1. The van der Waals surface area contributed by atoms with E-state index in [4.69, 9.17) is 0 Å². The van der Waals surface area contributed by atoms with Gasteiger partial charge in [0.2, 0.25) is 5.91 Å². The minimum atomic E-state index is -0.833. The summed E-state index contributed by atoms with van der Waals surface area (Å²) in [4.78, 5) is 12.0. The van der Waals surface area contributed by atoms with E-state index in [0.717, 1.165) is 11.3 Å². The van der Waals surface area contributed by atoms with Gasteiger partial charge < -0.3 is 10.6 Å². The highest BCUT2D eigenvalue weighted by atomic mass is 16.2. The molecule has 1 aromatic rings. The summed E-state index contributed by atoms with van der Waals surface area (Å²) < 4.78 is 0. The molecular weight excluding hydrogens is 250 g/mol. The van der Waals surface area contributed by atoms with Crippen LogP contribution in [0.3, 0.4) is 0 Å². The molecule has 0 spiro atoms. The average molecular weight is 273 g/mol. The summed E-state index contributed by atoms with van der Waals surface area (Å²) >= 11 is 0. The Balaban J connectivity index is 2.65. The van der Waals surface area contributed by atoms with Crippen molar-refractivity contribution in [1.82, 2.24) is 5.32 Å². The SMILES string of the molecule is Cc1cccc(NCC(=O)N[C@@](C)(C#N)C(C)C)c1C. The summed E-state index contributed by atoms with van der Waals surface area (Å²) in [5, 5.41) is 15.1. The first-order valence-electron chi connectivity index (χ1n) is 6.82. The Bertz CT molecular complexity index is 531. The van der Waals surface area contributed by atoms with Crippen LogP contribution in [-0.4, -0.2) is 18.0 Å². The molecule has 4 heteroatoms. The lowest BCUT2D eigenvalue weighted by atomic mass is 9.90. The van der Waals surface area contributed by atoms with Crippen molar-refractivity contribution in [2.75, 3.05) is 11.9 Å². The summed E-state index contributed by atoms with van der Waals surface area (Å²) in [5.41, 5.74) is 2.43. The summed E-state index contributed by atoms with van der Waals surface area (Å²) in [6.07, 6.45) is 0. The molecule has 0 aliphatic heterocycles. The minimum absolute atomic E-state index is 0.0529. The van der Waals surface area contributed by atoms with Gasteiger partial charge >= 0.3 is 0 Å². The number of hydrogen-bond acceptors (Lipinski definition) is 3. The summed E-state index contributed by atoms with van der Waals surface area (Å²) in [5.74, 6) is -0.124. The molecule has 1 amide bonds. The van der Waals surface area contributed by atoms with Crippen molar-refractivity contribution in [2.45, 2.75) is 40.2 Å². The summed E-state index contributed by atoms with van der Waals surface area (Å²) in [6.45, 7) is 9.79. The van der Waals surface area contributed by atoms with Crippen molar-refractivity contribution in [1.29, 1.82) is 5.26 Å². The number of hydrogen-bond donors (Lipinski definition) is 2. The van der Waals surface area contributed by atoms with Gasteiger partial charge in [-0.1, -0.05) is 26.0 Å². The van der Waals surface area contributed by atoms with Crippen LogP contribution < -0.4 is 10.6 Å². The monoisotopic (exact) mass is 273 g/mol. The van der Waals surface area contributed by atoms with Gasteiger partial charge in [-0.2, -0.15) is 5.26 Å². The normalized spacial score (nSPS) is 13.4. The highest BCUT2D eigenvalue weighted by Gasteiger charge is 2.29. The second-order valence-corrected chi connectivity index (χ2v) is 5.62. The zero-order valence-electron chi connectivity index (χ0n) is 12.9. The van der Waals surface area contributed by atoms with Crippen LogP contribution in [-0.2, 0) is 4.79 Å². The Morgan fingerprint density at radius 2 is 2.05 bits per heavy atom. The number of amides is 1. The van der Waals surface area contributed by atoms with Crippen LogP contribution in [0, 0.1) is 31.1 Å². The first-order valence-corrected chi connectivity index (χ1v) is 6.82. The summed E-state index contributed by atoms with van der Waals surface area (Å²) in [6, 6.07) is 8.10. The van der Waals surface area contributed by atoms with Crippen LogP contribution in [0.1, 0.15) is 31.9 Å². The van der Waals surface area contributed by atoms with Gasteiger partial charge in [-0.15, -0.1) is 0 Å². The summed E-state index contributed by atoms with van der Waals surface area (Å²) in [7, 11) is 0. The number of rotatable bonds is 5. The predicted octanol–water partition coefficient (Wildman–Crippen LogP) is 2.77. The maximum absolute atomic E-state index is 12.0. The van der Waals surface area contributed by atoms with Crippen LogP contribution in [0.5, 0.6) is 0 Å². The molecule has 2 N–H and O–H groups in total. The maximum atomic E-state index is 12.0. The zero-order chi connectivity index (χ0) is 15.3. The Labute approximate surface area is 121 Å². The van der Waals surface area contributed by atoms with Gasteiger partial charge in [-0.05, 0) is 43.9 Å². The topological polar surface area (TPSA) is 64.9 Å². The standard InChI is InChI=1S/C16H23N3O/c1-11(2)16(5,10-17)19-15(20)9-18-14-8-6-7-12(3)13(14)4/h6-8,11,18H,9H2,1-5H3,(H,19,20)/t16-/m0/s1. The van der Waals surface area contributed by atoms with Crippen LogP contribution >= 0.6 is 0 Å². The van der Waals surface area contributed by atoms with Crippen LogP contribution in [0.4, 0.5) is 5.69 Å². The molecule has 0 heterocycles. The molecule has 0 aromatic heterocycles. The van der Waals surface area contributed by atoms with Gasteiger partial charge in [0, 0.05) is 5.69 Å². The van der Waals surface area contributed by atoms with E-state index in [1.807, 2.05) is 45.9 Å². The van der Waals surface area contributed by atoms with Crippen molar-refractivity contribution in [3.63, 3.8) is 0 Å². The van der Waals surface area contributed by atoms with E-state index in [1.54, 1.807) is 6.92 Å². The number of benzene rings is 1. The van der Waals surface area contributed by atoms with E-state index < -0.39 is 5.54 Å². The second-order valence-electron chi connectivity index (χ2n) is 5.62. The van der Waals surface area contributed by atoms with Crippen molar-refractivity contribution in [3.8, 4) is 6.07 Å². The molecule has 0 radical (unpaired) electrons. The third-order valence-electron chi connectivity index (χ3n) is 3.83. The van der Waals surface area contributed by atoms with Gasteiger partial charge in [0.15, 0.2) is 0 Å². The largest absolute Gasteiger partial charge is 0.376 e. The lowest BCUT2D eigenvalue weighted by molar-refractivity contribution is -0.121. The van der Waals surface area contributed by atoms with Crippen LogP contribution in [0.25, 0.3) is 0 Å². The minimum Gasteiger partial charge on any atom is -0.376 e. The molecule has 0 saturated heterocycles. The number of anilines is 1. The second kappa shape index (κ2) is 6.42. The molecule has 1 aromatic carbocycles. The average Bonchev–Trinajstić information content (AvgIpc) is 2.40. The third kappa shape index (κ3) is 3.74. The van der Waals surface area contributed by atoms with Gasteiger partial charge in [0.25, 0.3) is 0 Å². The Kier molecular flexibility index (Phi) is 5.15. The van der Waals surface area contributed by atoms with Gasteiger partial charge in [-0.25, -0.2) is 0 Å². The number of aryl methyl sites for hydroxylation is 1. The molecule has 0 saturated carbocycles. The van der Waals surface area contributed by atoms with E-state index in [-0.39, 0.29) is 18.4 Å². The third-order valence-corrected chi connectivity index (χ3v) is 3.83. The molecular formula is C16H23N3O. The number of nitrogens with one attached hydrogen (secondary N) is 2. The first kappa shape index (κ1) is 16.0. The molecule has 0 aliphatic rings. The van der Waals surface area contributed by atoms with E-state index in [9.17, 15) is 10.1 Å². The van der Waals surface area contributed by atoms with E-state index in [1.165, 1.54) is 5.56 Å².